The van der Waals surface area contributed by atoms with Gasteiger partial charge < -0.3 is 10.1 Å². The maximum Gasteiger partial charge on any atom is 0.337 e. The smallest absolute Gasteiger partial charge is 0.337 e. The Hall–Kier alpha value is -2.43. The Morgan fingerprint density at radius 1 is 1.14 bits per heavy atom. The summed E-state index contributed by atoms with van der Waals surface area (Å²) in [5.41, 5.74) is 1.36. The van der Waals surface area contributed by atoms with Crippen LogP contribution in [0.3, 0.4) is 0 Å². The van der Waals surface area contributed by atoms with E-state index in [1.807, 2.05) is 0 Å². The molecule has 0 radical (unpaired) electrons. The zero-order valence-corrected chi connectivity index (χ0v) is 11.7. The average molecular weight is 291 g/mol. The minimum atomic E-state index is -0.485. The third-order valence-corrected chi connectivity index (χ3v) is 3.11. The van der Waals surface area contributed by atoms with Gasteiger partial charge in [-0.05, 0) is 49.4 Å². The molecule has 110 valence electrons. The van der Waals surface area contributed by atoms with Crippen LogP contribution in [0.15, 0.2) is 42.5 Å². The van der Waals surface area contributed by atoms with E-state index in [0.29, 0.717) is 11.3 Å². The van der Waals surface area contributed by atoms with E-state index in [9.17, 15) is 13.6 Å². The van der Waals surface area contributed by atoms with Crippen molar-refractivity contribution in [3.05, 3.63) is 65.2 Å². The topological polar surface area (TPSA) is 38.3 Å². The first-order chi connectivity index (χ1) is 10.0. The molecule has 2 aromatic carbocycles. The van der Waals surface area contributed by atoms with Gasteiger partial charge in [0.05, 0.1) is 18.7 Å². The van der Waals surface area contributed by atoms with Crippen LogP contribution in [0.2, 0.25) is 0 Å². The van der Waals surface area contributed by atoms with Crippen molar-refractivity contribution in [1.29, 1.82) is 0 Å². The Morgan fingerprint density at radius 3 is 2.43 bits per heavy atom. The second-order valence-electron chi connectivity index (χ2n) is 4.60. The van der Waals surface area contributed by atoms with Gasteiger partial charge in [-0.25, -0.2) is 13.6 Å². The third kappa shape index (κ3) is 3.56. The number of rotatable bonds is 4. The highest BCUT2D eigenvalue weighted by molar-refractivity contribution is 5.89. The Morgan fingerprint density at radius 2 is 1.81 bits per heavy atom. The quantitative estimate of drug-likeness (QED) is 0.868. The lowest BCUT2D eigenvalue weighted by molar-refractivity contribution is 0.0601. The minimum absolute atomic E-state index is 0.243. The van der Waals surface area contributed by atoms with Gasteiger partial charge in [0, 0.05) is 11.3 Å². The molecule has 0 fully saturated rings. The molecule has 21 heavy (non-hydrogen) atoms. The van der Waals surface area contributed by atoms with Crippen LogP contribution in [-0.2, 0) is 4.74 Å². The Balaban J connectivity index is 2.14. The number of benzene rings is 2. The lowest BCUT2D eigenvalue weighted by Gasteiger charge is -2.16. The van der Waals surface area contributed by atoms with Crippen molar-refractivity contribution in [2.45, 2.75) is 13.0 Å². The van der Waals surface area contributed by atoms with Crippen molar-refractivity contribution in [2.75, 3.05) is 12.4 Å². The monoisotopic (exact) mass is 291 g/mol. The molecule has 0 saturated carbocycles. The van der Waals surface area contributed by atoms with Gasteiger partial charge in [-0.3, -0.25) is 0 Å². The van der Waals surface area contributed by atoms with Crippen LogP contribution in [0.5, 0.6) is 0 Å². The highest BCUT2D eigenvalue weighted by Crippen LogP contribution is 2.22. The normalized spacial score (nSPS) is 11.8. The fourth-order valence-corrected chi connectivity index (χ4v) is 1.99. The van der Waals surface area contributed by atoms with Gasteiger partial charge in [0.15, 0.2) is 0 Å². The van der Waals surface area contributed by atoms with Gasteiger partial charge in [-0.2, -0.15) is 0 Å². The van der Waals surface area contributed by atoms with Crippen molar-refractivity contribution in [3.8, 4) is 0 Å². The fraction of sp³-hybridized carbons (Fsp3) is 0.188. The summed E-state index contributed by atoms with van der Waals surface area (Å²) in [6.45, 7) is 1.73. The number of nitrogens with one attached hydrogen (secondary N) is 1. The first-order valence-electron chi connectivity index (χ1n) is 6.41. The largest absolute Gasteiger partial charge is 0.465 e. The van der Waals surface area contributed by atoms with Gasteiger partial charge >= 0.3 is 5.97 Å². The maximum absolute atomic E-state index is 13.7. The van der Waals surface area contributed by atoms with Crippen molar-refractivity contribution in [2.24, 2.45) is 0 Å². The molecule has 2 rings (SSSR count). The number of carbonyl (C=O) groups is 1. The van der Waals surface area contributed by atoms with E-state index in [0.717, 1.165) is 18.2 Å². The highest BCUT2D eigenvalue weighted by atomic mass is 19.1. The molecule has 0 aliphatic carbocycles. The molecule has 3 nitrogen and oxygen atoms in total. The predicted octanol–water partition coefficient (Wildman–Crippen LogP) is 3.92. The van der Waals surface area contributed by atoms with Gasteiger partial charge in [0.1, 0.15) is 11.6 Å². The van der Waals surface area contributed by atoms with Gasteiger partial charge in [0.25, 0.3) is 0 Å². The zero-order valence-electron chi connectivity index (χ0n) is 11.7. The van der Waals surface area contributed by atoms with Crippen LogP contribution in [0, 0.1) is 11.6 Å². The van der Waals surface area contributed by atoms with E-state index in [2.05, 4.69) is 10.1 Å². The highest BCUT2D eigenvalue weighted by Gasteiger charge is 2.12. The number of halogens is 2. The molecule has 0 saturated heterocycles. The van der Waals surface area contributed by atoms with Crippen LogP contribution >= 0.6 is 0 Å². The molecule has 0 amide bonds. The molecule has 0 aromatic heterocycles. The summed E-state index contributed by atoms with van der Waals surface area (Å²) in [7, 11) is 1.31. The minimum Gasteiger partial charge on any atom is -0.465 e. The summed E-state index contributed by atoms with van der Waals surface area (Å²) >= 11 is 0. The van der Waals surface area contributed by atoms with Crippen molar-refractivity contribution >= 4 is 11.7 Å². The van der Waals surface area contributed by atoms with Crippen LogP contribution in [0.25, 0.3) is 0 Å². The Labute approximate surface area is 121 Å². The molecule has 1 atom stereocenters. The number of esters is 1. The number of hydrogen-bond donors (Lipinski definition) is 1. The third-order valence-electron chi connectivity index (χ3n) is 3.11. The summed E-state index contributed by atoms with van der Waals surface area (Å²) in [5.74, 6) is -1.38. The lowest BCUT2D eigenvalue weighted by Crippen LogP contribution is -2.09. The number of carbonyl (C=O) groups excluding carboxylic acids is 1. The number of hydrogen-bond acceptors (Lipinski definition) is 3. The van der Waals surface area contributed by atoms with Gasteiger partial charge in [-0.15, -0.1) is 0 Å². The van der Waals surface area contributed by atoms with E-state index in [1.165, 1.54) is 7.11 Å². The van der Waals surface area contributed by atoms with Crippen LogP contribution in [0.4, 0.5) is 14.5 Å². The summed E-state index contributed by atoms with van der Waals surface area (Å²) in [4.78, 5) is 11.3. The number of anilines is 1. The molecule has 5 heteroatoms. The van der Waals surface area contributed by atoms with Crippen LogP contribution < -0.4 is 5.32 Å². The number of ether oxygens (including phenoxy) is 1. The molecular formula is C16H15F2NO2. The van der Waals surface area contributed by atoms with E-state index in [4.69, 9.17) is 0 Å². The van der Waals surface area contributed by atoms with Crippen molar-refractivity contribution in [3.63, 3.8) is 0 Å². The summed E-state index contributed by atoms with van der Waals surface area (Å²) in [6, 6.07) is 9.49. The molecule has 1 unspecified atom stereocenters. The zero-order chi connectivity index (χ0) is 15.4. The first kappa shape index (κ1) is 15.0. The molecule has 0 spiro atoms. The van der Waals surface area contributed by atoms with Crippen molar-refractivity contribution in [1.82, 2.24) is 0 Å². The van der Waals surface area contributed by atoms with Gasteiger partial charge in [-0.1, -0.05) is 0 Å². The lowest BCUT2D eigenvalue weighted by atomic mass is 10.1. The van der Waals surface area contributed by atoms with Crippen molar-refractivity contribution < 1.29 is 18.3 Å². The summed E-state index contributed by atoms with van der Waals surface area (Å²) < 4.78 is 31.5. The average Bonchev–Trinajstić information content (AvgIpc) is 2.49. The van der Waals surface area contributed by atoms with Crippen LogP contribution in [0.1, 0.15) is 28.9 Å². The van der Waals surface area contributed by atoms with Crippen LogP contribution in [-0.4, -0.2) is 13.1 Å². The molecule has 2 aromatic rings. The predicted molar refractivity (Wildman–Crippen MR) is 76.2 cm³/mol. The molecule has 0 bridgehead atoms. The summed E-state index contributed by atoms with van der Waals surface area (Å²) in [5, 5.41) is 3.05. The molecule has 0 aliphatic rings. The van der Waals surface area contributed by atoms with E-state index < -0.39 is 23.6 Å². The molecule has 0 aliphatic heterocycles. The first-order valence-corrected chi connectivity index (χ1v) is 6.41. The molecular weight excluding hydrogens is 276 g/mol. The Kier molecular flexibility index (Phi) is 4.52. The Bertz CT molecular complexity index is 641. The van der Waals surface area contributed by atoms with E-state index >= 15 is 0 Å². The van der Waals surface area contributed by atoms with E-state index in [1.54, 1.807) is 31.2 Å². The standard InChI is InChI=1S/C16H15F2NO2/c1-10(14-9-12(17)5-8-15(14)18)19-13-6-3-11(4-7-13)16(20)21-2/h3-10,19H,1-2H3. The second-order valence-corrected chi connectivity index (χ2v) is 4.60. The maximum atomic E-state index is 13.7. The SMILES string of the molecule is COC(=O)c1ccc(NC(C)c2cc(F)ccc2F)cc1. The second kappa shape index (κ2) is 6.35. The summed E-state index contributed by atoms with van der Waals surface area (Å²) in [6.07, 6.45) is 0. The van der Waals surface area contributed by atoms with E-state index in [-0.39, 0.29) is 5.56 Å². The molecule has 1 N–H and O–H groups in total. The van der Waals surface area contributed by atoms with Gasteiger partial charge in [0.2, 0.25) is 0 Å². The molecule has 0 heterocycles. The number of methoxy groups -OCH3 is 1. The fourth-order valence-electron chi connectivity index (χ4n) is 1.99.